The molecule has 1 amide bonds. The molecule has 1 N–H and O–H groups in total. The number of hydrogen-bond donors (Lipinski definition) is 1. The minimum atomic E-state index is -0.120. The third kappa shape index (κ3) is 5.22. The van der Waals surface area contributed by atoms with Crippen LogP contribution in [0.5, 0.6) is 17.4 Å². The van der Waals surface area contributed by atoms with Crippen molar-refractivity contribution in [1.29, 1.82) is 0 Å². The number of aromatic nitrogens is 2. The van der Waals surface area contributed by atoms with Gasteiger partial charge in [0.25, 0.3) is 0 Å². The maximum atomic E-state index is 12.4. The van der Waals surface area contributed by atoms with Gasteiger partial charge < -0.3 is 19.5 Å². The van der Waals surface area contributed by atoms with Crippen molar-refractivity contribution in [2.45, 2.75) is 13.3 Å². The number of carbonyl (C=O) groups excluding carboxylic acids is 1. The van der Waals surface area contributed by atoms with Crippen molar-refractivity contribution in [3.8, 4) is 28.6 Å². The van der Waals surface area contributed by atoms with E-state index in [0.29, 0.717) is 29.7 Å². The minimum Gasteiger partial charge on any atom is -0.493 e. The number of nitrogens with zero attached hydrogens (tertiary/aromatic N) is 2. The Morgan fingerprint density at radius 1 is 0.931 bits per heavy atom. The number of amides is 1. The van der Waals surface area contributed by atoms with Gasteiger partial charge in [-0.3, -0.25) is 4.79 Å². The summed E-state index contributed by atoms with van der Waals surface area (Å²) in [5, 5.41) is 11.1. The number of hydrogen-bond acceptors (Lipinski definition) is 6. The summed E-state index contributed by atoms with van der Waals surface area (Å²) in [6, 6.07) is 16.5. The van der Waals surface area contributed by atoms with Gasteiger partial charge in [-0.15, -0.1) is 10.2 Å². The monoisotopic (exact) mass is 393 g/mol. The lowest BCUT2D eigenvalue weighted by molar-refractivity contribution is -0.115. The van der Waals surface area contributed by atoms with Gasteiger partial charge in [-0.2, -0.15) is 0 Å². The maximum Gasteiger partial charge on any atom is 0.233 e. The fraction of sp³-hybridized carbons (Fsp3) is 0.227. The number of methoxy groups -OCH3 is 2. The van der Waals surface area contributed by atoms with Crippen molar-refractivity contribution in [3.63, 3.8) is 0 Å². The average molecular weight is 393 g/mol. The van der Waals surface area contributed by atoms with Crippen molar-refractivity contribution < 1.29 is 19.0 Å². The van der Waals surface area contributed by atoms with Gasteiger partial charge in [0.15, 0.2) is 11.5 Å². The van der Waals surface area contributed by atoms with E-state index in [9.17, 15) is 4.79 Å². The summed E-state index contributed by atoms with van der Waals surface area (Å²) in [7, 11) is 3.14. The molecule has 2 aromatic carbocycles. The standard InChI is InChI=1S/C22H23N3O4/c1-4-29-22-12-10-18(24-25-22)16-6-8-17(9-7-16)23-21(26)14-15-5-11-19(27-2)20(13-15)28-3/h5-13H,4,14H2,1-3H3,(H,23,26). The zero-order valence-electron chi connectivity index (χ0n) is 16.6. The van der Waals surface area contributed by atoms with Crippen LogP contribution in [0.4, 0.5) is 5.69 Å². The Hall–Kier alpha value is -3.61. The summed E-state index contributed by atoms with van der Waals surface area (Å²) < 4.78 is 15.8. The lowest BCUT2D eigenvalue weighted by atomic mass is 10.1. The first-order chi connectivity index (χ1) is 14.1. The molecule has 1 aromatic heterocycles. The predicted octanol–water partition coefficient (Wildman–Crippen LogP) is 3.74. The topological polar surface area (TPSA) is 82.6 Å². The first kappa shape index (κ1) is 20.1. The van der Waals surface area contributed by atoms with E-state index < -0.39 is 0 Å². The highest BCUT2D eigenvalue weighted by molar-refractivity contribution is 5.92. The summed E-state index contributed by atoms with van der Waals surface area (Å²) in [6.07, 6.45) is 0.229. The second-order valence-electron chi connectivity index (χ2n) is 6.18. The summed E-state index contributed by atoms with van der Waals surface area (Å²) in [6.45, 7) is 2.44. The third-order valence-electron chi connectivity index (χ3n) is 4.21. The molecule has 0 saturated heterocycles. The number of carbonyl (C=O) groups is 1. The van der Waals surface area contributed by atoms with Crippen LogP contribution < -0.4 is 19.5 Å². The Bertz CT molecular complexity index is 957. The van der Waals surface area contributed by atoms with E-state index in [0.717, 1.165) is 16.8 Å². The van der Waals surface area contributed by atoms with Crippen LogP contribution in [0.2, 0.25) is 0 Å². The predicted molar refractivity (Wildman–Crippen MR) is 111 cm³/mol. The highest BCUT2D eigenvalue weighted by Crippen LogP contribution is 2.28. The molecule has 29 heavy (non-hydrogen) atoms. The van der Waals surface area contributed by atoms with Gasteiger partial charge in [0.05, 0.1) is 32.9 Å². The normalized spacial score (nSPS) is 10.3. The molecule has 0 fully saturated rings. The van der Waals surface area contributed by atoms with Gasteiger partial charge in [0, 0.05) is 17.3 Å². The first-order valence-electron chi connectivity index (χ1n) is 9.20. The van der Waals surface area contributed by atoms with E-state index >= 15 is 0 Å². The average Bonchev–Trinajstić information content (AvgIpc) is 2.75. The van der Waals surface area contributed by atoms with Crippen LogP contribution in [-0.2, 0) is 11.2 Å². The Morgan fingerprint density at radius 3 is 2.31 bits per heavy atom. The van der Waals surface area contributed by atoms with E-state index in [1.165, 1.54) is 0 Å². The van der Waals surface area contributed by atoms with Crippen LogP contribution in [0.15, 0.2) is 54.6 Å². The second-order valence-corrected chi connectivity index (χ2v) is 6.18. The van der Waals surface area contributed by atoms with E-state index in [1.807, 2.05) is 43.3 Å². The summed E-state index contributed by atoms with van der Waals surface area (Å²) in [5.74, 6) is 1.60. The first-order valence-corrected chi connectivity index (χ1v) is 9.20. The van der Waals surface area contributed by atoms with Crippen molar-refractivity contribution in [1.82, 2.24) is 10.2 Å². The Balaban J connectivity index is 1.62. The van der Waals surface area contributed by atoms with E-state index in [-0.39, 0.29) is 12.3 Å². The molecule has 3 rings (SSSR count). The molecule has 0 aliphatic heterocycles. The zero-order chi connectivity index (χ0) is 20.6. The number of ether oxygens (including phenoxy) is 3. The summed E-state index contributed by atoms with van der Waals surface area (Å²) in [4.78, 5) is 12.4. The molecular weight excluding hydrogens is 370 g/mol. The van der Waals surface area contributed by atoms with Crippen LogP contribution in [0.25, 0.3) is 11.3 Å². The number of nitrogens with one attached hydrogen (secondary N) is 1. The fourth-order valence-electron chi connectivity index (χ4n) is 2.80. The molecule has 0 unspecified atom stereocenters. The van der Waals surface area contributed by atoms with Gasteiger partial charge in [0.1, 0.15) is 0 Å². The maximum absolute atomic E-state index is 12.4. The molecule has 3 aromatic rings. The van der Waals surface area contributed by atoms with Crippen LogP contribution in [0, 0.1) is 0 Å². The highest BCUT2D eigenvalue weighted by atomic mass is 16.5. The van der Waals surface area contributed by atoms with Crippen LogP contribution >= 0.6 is 0 Å². The SMILES string of the molecule is CCOc1ccc(-c2ccc(NC(=O)Cc3ccc(OC)c(OC)c3)cc2)nn1. The number of anilines is 1. The molecular formula is C22H23N3O4. The van der Waals surface area contributed by atoms with Gasteiger partial charge in [-0.25, -0.2) is 0 Å². The van der Waals surface area contributed by atoms with E-state index in [4.69, 9.17) is 14.2 Å². The van der Waals surface area contributed by atoms with E-state index in [2.05, 4.69) is 15.5 Å². The molecule has 0 radical (unpaired) electrons. The van der Waals surface area contributed by atoms with E-state index in [1.54, 1.807) is 32.4 Å². The summed E-state index contributed by atoms with van der Waals surface area (Å²) >= 11 is 0. The highest BCUT2D eigenvalue weighted by Gasteiger charge is 2.09. The molecule has 0 aliphatic rings. The van der Waals surface area contributed by atoms with Gasteiger partial charge in [-0.1, -0.05) is 18.2 Å². The Labute approximate surface area is 169 Å². The number of benzene rings is 2. The van der Waals surface area contributed by atoms with Crippen LogP contribution in [-0.4, -0.2) is 36.9 Å². The van der Waals surface area contributed by atoms with Gasteiger partial charge in [-0.05, 0) is 42.8 Å². The molecule has 7 heteroatoms. The van der Waals surface area contributed by atoms with Gasteiger partial charge >= 0.3 is 0 Å². The van der Waals surface area contributed by atoms with Crippen molar-refractivity contribution in [2.24, 2.45) is 0 Å². The zero-order valence-corrected chi connectivity index (χ0v) is 16.6. The molecule has 0 atom stereocenters. The van der Waals surface area contributed by atoms with Crippen LogP contribution in [0.3, 0.4) is 0 Å². The molecule has 150 valence electrons. The Kier molecular flexibility index (Phi) is 6.63. The Morgan fingerprint density at radius 2 is 1.69 bits per heavy atom. The lowest BCUT2D eigenvalue weighted by Gasteiger charge is -2.10. The second kappa shape index (κ2) is 9.54. The third-order valence-corrected chi connectivity index (χ3v) is 4.21. The molecule has 7 nitrogen and oxygen atoms in total. The van der Waals surface area contributed by atoms with Crippen molar-refractivity contribution in [2.75, 3.05) is 26.1 Å². The fourth-order valence-corrected chi connectivity index (χ4v) is 2.80. The van der Waals surface area contributed by atoms with Crippen molar-refractivity contribution in [3.05, 3.63) is 60.2 Å². The lowest BCUT2D eigenvalue weighted by Crippen LogP contribution is -2.14. The van der Waals surface area contributed by atoms with Gasteiger partial charge in [0.2, 0.25) is 11.8 Å². The minimum absolute atomic E-state index is 0.120. The molecule has 0 saturated carbocycles. The quantitative estimate of drug-likeness (QED) is 0.628. The van der Waals surface area contributed by atoms with Crippen molar-refractivity contribution >= 4 is 11.6 Å². The molecule has 0 bridgehead atoms. The molecule has 1 heterocycles. The smallest absolute Gasteiger partial charge is 0.233 e. The number of rotatable bonds is 8. The van der Waals surface area contributed by atoms with Crippen LogP contribution in [0.1, 0.15) is 12.5 Å². The summed E-state index contributed by atoms with van der Waals surface area (Å²) in [5.41, 5.74) is 3.18. The molecule has 0 aliphatic carbocycles. The largest absolute Gasteiger partial charge is 0.493 e. The molecule has 0 spiro atoms.